The van der Waals surface area contributed by atoms with Gasteiger partial charge in [0.1, 0.15) is 22.9 Å². The van der Waals surface area contributed by atoms with E-state index in [1.165, 1.54) is 0 Å². The molecule has 0 fully saturated rings. The van der Waals surface area contributed by atoms with Crippen molar-refractivity contribution in [3.8, 4) is 22.8 Å². The summed E-state index contributed by atoms with van der Waals surface area (Å²) in [5.74, 6) is 1.60. The summed E-state index contributed by atoms with van der Waals surface area (Å²) >= 11 is 0. The van der Waals surface area contributed by atoms with Crippen molar-refractivity contribution in [2.45, 2.75) is 66.3 Å². The van der Waals surface area contributed by atoms with Gasteiger partial charge < -0.3 is 19.7 Å². The molecule has 0 spiro atoms. The summed E-state index contributed by atoms with van der Waals surface area (Å²) in [4.78, 5) is 28.3. The summed E-state index contributed by atoms with van der Waals surface area (Å²) in [6.07, 6.45) is 2.98. The summed E-state index contributed by atoms with van der Waals surface area (Å²) in [6.45, 7) is 11.7. The zero-order valence-electron chi connectivity index (χ0n) is 22.3. The SMILES string of the molecule is CCCCNC(=O)C[C@H](CC(C)C)N(CC(C)C)C(=O)c1cc(-c2c(OC)cccc2OC)n[nH]1. The molecule has 1 aromatic carbocycles. The zero-order valence-corrected chi connectivity index (χ0v) is 22.3. The molecule has 2 amide bonds. The molecule has 2 N–H and O–H groups in total. The van der Waals surface area contributed by atoms with Gasteiger partial charge in [0.05, 0.1) is 19.8 Å². The van der Waals surface area contributed by atoms with Crippen LogP contribution in [-0.4, -0.2) is 60.3 Å². The molecule has 0 bridgehead atoms. The van der Waals surface area contributed by atoms with Crippen LogP contribution < -0.4 is 14.8 Å². The number of unbranched alkanes of at least 4 members (excludes halogenated alkanes) is 1. The van der Waals surface area contributed by atoms with Crippen molar-refractivity contribution < 1.29 is 19.1 Å². The Labute approximate surface area is 209 Å². The Kier molecular flexibility index (Phi) is 11.1. The number of methoxy groups -OCH3 is 2. The van der Waals surface area contributed by atoms with Crippen molar-refractivity contribution >= 4 is 11.8 Å². The fraction of sp³-hybridized carbons (Fsp3) is 0.593. The number of nitrogens with zero attached hydrogens (tertiary/aromatic N) is 2. The van der Waals surface area contributed by atoms with Gasteiger partial charge in [-0.05, 0) is 42.9 Å². The molecule has 2 aromatic rings. The maximum absolute atomic E-state index is 13.8. The van der Waals surface area contributed by atoms with E-state index in [1.807, 2.05) is 23.1 Å². The lowest BCUT2D eigenvalue weighted by Crippen LogP contribution is -2.46. The first-order valence-corrected chi connectivity index (χ1v) is 12.6. The van der Waals surface area contributed by atoms with Crippen LogP contribution in [0.5, 0.6) is 11.5 Å². The van der Waals surface area contributed by atoms with Crippen molar-refractivity contribution in [1.29, 1.82) is 0 Å². The maximum atomic E-state index is 13.8. The van der Waals surface area contributed by atoms with Crippen molar-refractivity contribution in [3.05, 3.63) is 30.0 Å². The van der Waals surface area contributed by atoms with Gasteiger partial charge >= 0.3 is 0 Å². The van der Waals surface area contributed by atoms with E-state index in [9.17, 15) is 9.59 Å². The highest BCUT2D eigenvalue weighted by atomic mass is 16.5. The minimum atomic E-state index is -0.209. The molecular weight excluding hydrogens is 444 g/mol. The number of carbonyl (C=O) groups is 2. The van der Waals surface area contributed by atoms with Crippen LogP contribution in [0.4, 0.5) is 0 Å². The Morgan fingerprint density at radius 1 is 1.09 bits per heavy atom. The highest BCUT2D eigenvalue weighted by Crippen LogP contribution is 2.37. The van der Waals surface area contributed by atoms with Gasteiger partial charge in [-0.3, -0.25) is 14.7 Å². The van der Waals surface area contributed by atoms with Crippen LogP contribution in [-0.2, 0) is 4.79 Å². The van der Waals surface area contributed by atoms with Gasteiger partial charge in [-0.2, -0.15) is 5.10 Å². The lowest BCUT2D eigenvalue weighted by atomic mass is 9.97. The zero-order chi connectivity index (χ0) is 26.0. The van der Waals surface area contributed by atoms with Crippen LogP contribution in [0, 0.1) is 11.8 Å². The summed E-state index contributed by atoms with van der Waals surface area (Å²) in [6, 6.07) is 7.01. The Hall–Kier alpha value is -3.03. The number of ether oxygens (including phenoxy) is 2. The second kappa shape index (κ2) is 13.8. The third-order valence-electron chi connectivity index (χ3n) is 5.77. The molecule has 8 heteroatoms. The molecular formula is C27H42N4O4. The number of hydrogen-bond donors (Lipinski definition) is 2. The molecule has 35 heavy (non-hydrogen) atoms. The molecule has 0 aliphatic rings. The van der Waals surface area contributed by atoms with Gasteiger partial charge in [0.2, 0.25) is 5.91 Å². The number of hydrogen-bond acceptors (Lipinski definition) is 5. The molecule has 194 valence electrons. The summed E-state index contributed by atoms with van der Waals surface area (Å²) in [5.41, 5.74) is 1.61. The molecule has 0 saturated heterocycles. The second-order valence-corrected chi connectivity index (χ2v) is 9.75. The number of benzene rings is 1. The van der Waals surface area contributed by atoms with Gasteiger partial charge in [0.15, 0.2) is 0 Å². The third kappa shape index (κ3) is 8.01. The van der Waals surface area contributed by atoms with E-state index in [0.717, 1.165) is 19.3 Å². The lowest BCUT2D eigenvalue weighted by Gasteiger charge is -2.33. The Morgan fingerprint density at radius 3 is 2.29 bits per heavy atom. The molecule has 0 aliphatic carbocycles. The first-order valence-electron chi connectivity index (χ1n) is 12.6. The first-order chi connectivity index (χ1) is 16.7. The summed E-state index contributed by atoms with van der Waals surface area (Å²) in [5, 5.41) is 10.3. The standard InChI is InChI=1S/C27H42N4O4/c1-8-9-13-28-25(32)15-20(14-18(2)3)31(17-19(4)5)27(33)22-16-21(29-30-22)26-23(34-6)11-10-12-24(26)35-7/h10-12,16,18-20H,8-9,13-15,17H2,1-7H3,(H,28,32)(H,29,30)/t20-/m0/s1. The molecule has 8 nitrogen and oxygen atoms in total. The van der Waals surface area contributed by atoms with Crippen molar-refractivity contribution in [2.75, 3.05) is 27.3 Å². The average molecular weight is 487 g/mol. The van der Waals surface area contributed by atoms with E-state index in [-0.39, 0.29) is 30.2 Å². The van der Waals surface area contributed by atoms with E-state index >= 15 is 0 Å². The predicted octanol–water partition coefficient (Wildman–Crippen LogP) is 4.91. The van der Waals surface area contributed by atoms with Gasteiger partial charge in [-0.1, -0.05) is 47.1 Å². The number of rotatable bonds is 14. The Balaban J connectivity index is 2.37. The van der Waals surface area contributed by atoms with Crippen LogP contribution in [0.25, 0.3) is 11.3 Å². The number of nitrogens with one attached hydrogen (secondary N) is 2. The van der Waals surface area contributed by atoms with Gasteiger partial charge in [-0.25, -0.2) is 0 Å². The van der Waals surface area contributed by atoms with Gasteiger partial charge in [0.25, 0.3) is 5.91 Å². The van der Waals surface area contributed by atoms with E-state index < -0.39 is 0 Å². The van der Waals surface area contributed by atoms with Crippen molar-refractivity contribution in [2.24, 2.45) is 11.8 Å². The van der Waals surface area contributed by atoms with E-state index in [4.69, 9.17) is 9.47 Å². The molecule has 0 aliphatic heterocycles. The maximum Gasteiger partial charge on any atom is 0.272 e. The number of H-pyrrole nitrogens is 1. The second-order valence-electron chi connectivity index (χ2n) is 9.75. The molecule has 0 unspecified atom stereocenters. The molecule has 1 heterocycles. The number of carbonyl (C=O) groups excluding carboxylic acids is 2. The highest BCUT2D eigenvalue weighted by molar-refractivity contribution is 5.94. The smallest absolute Gasteiger partial charge is 0.272 e. The molecule has 0 radical (unpaired) electrons. The molecule has 1 atom stereocenters. The first kappa shape index (κ1) is 28.2. The van der Waals surface area contributed by atoms with Crippen LogP contribution in [0.3, 0.4) is 0 Å². The predicted molar refractivity (Wildman–Crippen MR) is 139 cm³/mol. The average Bonchev–Trinajstić information content (AvgIpc) is 3.30. The Morgan fingerprint density at radius 2 is 1.74 bits per heavy atom. The fourth-order valence-corrected chi connectivity index (χ4v) is 4.16. The van der Waals surface area contributed by atoms with Crippen molar-refractivity contribution in [1.82, 2.24) is 20.4 Å². The molecule has 0 saturated carbocycles. The van der Waals surface area contributed by atoms with Gasteiger partial charge in [-0.15, -0.1) is 0 Å². The minimum absolute atomic E-state index is 0.0188. The third-order valence-corrected chi connectivity index (χ3v) is 5.77. The van der Waals surface area contributed by atoms with Crippen molar-refractivity contribution in [3.63, 3.8) is 0 Å². The van der Waals surface area contributed by atoms with Gasteiger partial charge in [0, 0.05) is 25.6 Å². The van der Waals surface area contributed by atoms with E-state index in [1.54, 1.807) is 20.3 Å². The van der Waals surface area contributed by atoms with Crippen LogP contribution in [0.1, 0.15) is 70.8 Å². The van der Waals surface area contributed by atoms with E-state index in [2.05, 4.69) is 50.1 Å². The monoisotopic (exact) mass is 486 g/mol. The molecule has 2 rings (SSSR count). The highest BCUT2D eigenvalue weighted by Gasteiger charge is 2.30. The summed E-state index contributed by atoms with van der Waals surface area (Å²) in [7, 11) is 3.17. The molecule has 1 aromatic heterocycles. The van der Waals surface area contributed by atoms with Crippen LogP contribution >= 0.6 is 0 Å². The number of aromatic nitrogens is 2. The topological polar surface area (TPSA) is 96.6 Å². The van der Waals surface area contributed by atoms with Crippen LogP contribution in [0.2, 0.25) is 0 Å². The minimum Gasteiger partial charge on any atom is -0.496 e. The fourth-order valence-electron chi connectivity index (χ4n) is 4.16. The largest absolute Gasteiger partial charge is 0.496 e. The Bertz CT molecular complexity index is 932. The quantitative estimate of drug-likeness (QED) is 0.370. The summed E-state index contributed by atoms with van der Waals surface area (Å²) < 4.78 is 11.0. The normalized spacial score (nSPS) is 12.0. The number of amides is 2. The lowest BCUT2D eigenvalue weighted by molar-refractivity contribution is -0.122. The number of aromatic amines is 1. The van der Waals surface area contributed by atoms with E-state index in [0.29, 0.717) is 47.5 Å². The van der Waals surface area contributed by atoms with Crippen LogP contribution in [0.15, 0.2) is 24.3 Å².